The van der Waals surface area contributed by atoms with Crippen LogP contribution in [0, 0.1) is 12.8 Å². The number of ether oxygens (including phenoxy) is 1. The number of aliphatic hydroxyl groups is 1. The SMILES string of the molecule is Cc1ccccc1OCC(CCO)C(=O)O. The van der Waals surface area contributed by atoms with E-state index in [9.17, 15) is 4.79 Å². The Balaban J connectivity index is 2.55. The van der Waals surface area contributed by atoms with Crippen LogP contribution in [-0.2, 0) is 4.79 Å². The largest absolute Gasteiger partial charge is 0.492 e. The third kappa shape index (κ3) is 3.55. The van der Waals surface area contributed by atoms with Gasteiger partial charge in [-0.1, -0.05) is 18.2 Å². The Morgan fingerprint density at radius 3 is 2.69 bits per heavy atom. The van der Waals surface area contributed by atoms with Crippen LogP contribution in [0.15, 0.2) is 24.3 Å². The summed E-state index contributed by atoms with van der Waals surface area (Å²) in [4.78, 5) is 10.8. The Labute approximate surface area is 94.5 Å². The smallest absolute Gasteiger partial charge is 0.310 e. The molecule has 0 aliphatic rings. The minimum atomic E-state index is -0.942. The molecule has 0 amide bonds. The molecule has 0 saturated heterocycles. The number of hydrogen-bond acceptors (Lipinski definition) is 3. The molecule has 1 unspecified atom stereocenters. The Morgan fingerprint density at radius 2 is 2.12 bits per heavy atom. The van der Waals surface area contributed by atoms with Crippen molar-refractivity contribution < 1.29 is 19.7 Å². The molecule has 1 aromatic carbocycles. The number of carboxylic acids is 1. The van der Waals surface area contributed by atoms with E-state index in [0.29, 0.717) is 5.75 Å². The summed E-state index contributed by atoms with van der Waals surface area (Å²) in [7, 11) is 0. The number of aryl methyl sites for hydroxylation is 1. The van der Waals surface area contributed by atoms with Gasteiger partial charge in [-0.25, -0.2) is 0 Å². The van der Waals surface area contributed by atoms with E-state index in [0.717, 1.165) is 5.56 Å². The Kier molecular flexibility index (Phi) is 4.79. The van der Waals surface area contributed by atoms with Crippen LogP contribution in [0.5, 0.6) is 5.75 Å². The highest BCUT2D eigenvalue weighted by atomic mass is 16.5. The molecule has 0 heterocycles. The zero-order chi connectivity index (χ0) is 12.0. The van der Waals surface area contributed by atoms with Gasteiger partial charge in [0, 0.05) is 6.61 Å². The average Bonchev–Trinajstić information content (AvgIpc) is 2.26. The van der Waals surface area contributed by atoms with E-state index in [1.54, 1.807) is 6.07 Å². The first kappa shape index (κ1) is 12.5. The van der Waals surface area contributed by atoms with Crippen LogP contribution in [0.25, 0.3) is 0 Å². The molecule has 0 aliphatic heterocycles. The number of rotatable bonds is 6. The zero-order valence-corrected chi connectivity index (χ0v) is 9.22. The average molecular weight is 224 g/mol. The molecular weight excluding hydrogens is 208 g/mol. The maximum atomic E-state index is 10.8. The number of carboxylic acid groups (broad SMARTS) is 1. The van der Waals surface area contributed by atoms with Crippen molar-refractivity contribution in [2.24, 2.45) is 5.92 Å². The van der Waals surface area contributed by atoms with E-state index in [4.69, 9.17) is 14.9 Å². The monoisotopic (exact) mass is 224 g/mol. The quantitative estimate of drug-likeness (QED) is 0.767. The van der Waals surface area contributed by atoms with Crippen molar-refractivity contribution >= 4 is 5.97 Å². The fraction of sp³-hybridized carbons (Fsp3) is 0.417. The molecule has 0 aromatic heterocycles. The Bertz CT molecular complexity index is 349. The van der Waals surface area contributed by atoms with Crippen molar-refractivity contribution in [1.29, 1.82) is 0 Å². The predicted octanol–water partition coefficient (Wildman–Crippen LogP) is 1.46. The predicted molar refractivity (Wildman–Crippen MR) is 59.5 cm³/mol. The summed E-state index contributed by atoms with van der Waals surface area (Å²) in [5.41, 5.74) is 0.968. The van der Waals surface area contributed by atoms with Gasteiger partial charge < -0.3 is 14.9 Å². The molecule has 88 valence electrons. The summed E-state index contributed by atoms with van der Waals surface area (Å²) in [5.74, 6) is -0.918. The van der Waals surface area contributed by atoms with Gasteiger partial charge in [-0.15, -0.1) is 0 Å². The van der Waals surface area contributed by atoms with Gasteiger partial charge in [0.15, 0.2) is 0 Å². The van der Waals surface area contributed by atoms with Gasteiger partial charge in [0.2, 0.25) is 0 Å². The molecule has 4 heteroatoms. The second-order valence-electron chi connectivity index (χ2n) is 3.62. The van der Waals surface area contributed by atoms with E-state index in [1.807, 2.05) is 25.1 Å². The van der Waals surface area contributed by atoms with Crippen LogP contribution in [0.2, 0.25) is 0 Å². The second kappa shape index (κ2) is 6.12. The van der Waals surface area contributed by atoms with Crippen molar-refractivity contribution in [3.63, 3.8) is 0 Å². The fourth-order valence-electron chi connectivity index (χ4n) is 1.34. The van der Waals surface area contributed by atoms with Crippen molar-refractivity contribution in [1.82, 2.24) is 0 Å². The van der Waals surface area contributed by atoms with E-state index in [2.05, 4.69) is 0 Å². The molecule has 16 heavy (non-hydrogen) atoms. The van der Waals surface area contributed by atoms with Gasteiger partial charge in [0.05, 0.1) is 5.92 Å². The molecule has 0 bridgehead atoms. The maximum Gasteiger partial charge on any atom is 0.310 e. The van der Waals surface area contributed by atoms with Crippen LogP contribution in [0.1, 0.15) is 12.0 Å². The molecular formula is C12H16O4. The number of para-hydroxylation sites is 1. The standard InChI is InChI=1S/C12H16O4/c1-9-4-2-3-5-11(9)16-8-10(6-7-13)12(14)15/h2-5,10,13H,6-8H2,1H3,(H,14,15). The summed E-state index contributed by atoms with van der Waals surface area (Å²) in [6, 6.07) is 7.43. The van der Waals surface area contributed by atoms with Crippen LogP contribution in [0.3, 0.4) is 0 Å². The lowest BCUT2D eigenvalue weighted by Gasteiger charge is -2.13. The number of hydrogen-bond donors (Lipinski definition) is 2. The summed E-state index contributed by atoms with van der Waals surface area (Å²) in [5, 5.41) is 17.6. The first-order valence-electron chi connectivity index (χ1n) is 5.17. The Hall–Kier alpha value is -1.55. The maximum absolute atomic E-state index is 10.8. The number of aliphatic hydroxyl groups excluding tert-OH is 1. The van der Waals surface area contributed by atoms with Crippen molar-refractivity contribution in [3.8, 4) is 5.75 Å². The molecule has 0 radical (unpaired) electrons. The minimum absolute atomic E-state index is 0.0841. The lowest BCUT2D eigenvalue weighted by atomic mass is 10.1. The highest BCUT2D eigenvalue weighted by Crippen LogP contribution is 2.17. The highest BCUT2D eigenvalue weighted by Gasteiger charge is 2.17. The first-order valence-corrected chi connectivity index (χ1v) is 5.17. The Morgan fingerprint density at radius 1 is 1.44 bits per heavy atom. The molecule has 0 spiro atoms. The van der Waals surface area contributed by atoms with Gasteiger partial charge in [-0.3, -0.25) is 4.79 Å². The topological polar surface area (TPSA) is 66.8 Å². The third-order valence-electron chi connectivity index (χ3n) is 2.36. The lowest BCUT2D eigenvalue weighted by molar-refractivity contribution is -0.143. The van der Waals surface area contributed by atoms with Crippen molar-refractivity contribution in [2.45, 2.75) is 13.3 Å². The van der Waals surface area contributed by atoms with Crippen molar-refractivity contribution in [3.05, 3.63) is 29.8 Å². The molecule has 0 fully saturated rings. The first-order chi connectivity index (χ1) is 7.65. The zero-order valence-electron chi connectivity index (χ0n) is 9.22. The summed E-state index contributed by atoms with van der Waals surface area (Å²) in [6.45, 7) is 1.84. The van der Waals surface area contributed by atoms with Gasteiger partial charge in [-0.2, -0.15) is 0 Å². The number of carbonyl (C=O) groups is 1. The van der Waals surface area contributed by atoms with Crippen LogP contribution < -0.4 is 4.74 Å². The van der Waals surface area contributed by atoms with E-state index < -0.39 is 11.9 Å². The second-order valence-corrected chi connectivity index (χ2v) is 3.62. The normalized spacial score (nSPS) is 12.1. The fourth-order valence-corrected chi connectivity index (χ4v) is 1.34. The van der Waals surface area contributed by atoms with Crippen molar-refractivity contribution in [2.75, 3.05) is 13.2 Å². The molecule has 1 atom stereocenters. The van der Waals surface area contributed by atoms with E-state index >= 15 is 0 Å². The number of benzene rings is 1. The van der Waals surface area contributed by atoms with E-state index in [1.165, 1.54) is 0 Å². The number of aliphatic carboxylic acids is 1. The minimum Gasteiger partial charge on any atom is -0.492 e. The molecule has 4 nitrogen and oxygen atoms in total. The third-order valence-corrected chi connectivity index (χ3v) is 2.36. The summed E-state index contributed by atoms with van der Waals surface area (Å²) < 4.78 is 5.42. The molecule has 1 rings (SSSR count). The molecule has 2 N–H and O–H groups in total. The highest BCUT2D eigenvalue weighted by molar-refractivity contribution is 5.70. The summed E-state index contributed by atoms with van der Waals surface area (Å²) >= 11 is 0. The molecule has 0 saturated carbocycles. The van der Waals surface area contributed by atoms with Gasteiger partial charge >= 0.3 is 5.97 Å². The van der Waals surface area contributed by atoms with Gasteiger partial charge in [0.25, 0.3) is 0 Å². The lowest BCUT2D eigenvalue weighted by Crippen LogP contribution is -2.22. The van der Waals surface area contributed by atoms with Gasteiger partial charge in [0.1, 0.15) is 12.4 Å². The summed E-state index contributed by atoms with van der Waals surface area (Å²) in [6.07, 6.45) is 0.210. The van der Waals surface area contributed by atoms with Crippen LogP contribution in [0.4, 0.5) is 0 Å². The molecule has 0 aliphatic carbocycles. The van der Waals surface area contributed by atoms with E-state index in [-0.39, 0.29) is 19.6 Å². The van der Waals surface area contributed by atoms with Gasteiger partial charge in [-0.05, 0) is 25.0 Å². The molecule has 1 aromatic rings. The van der Waals surface area contributed by atoms with Crippen LogP contribution in [-0.4, -0.2) is 29.4 Å². The van der Waals surface area contributed by atoms with Crippen LogP contribution >= 0.6 is 0 Å².